The number of carbonyl (C=O) groups is 1. The molecule has 0 bridgehead atoms. The first kappa shape index (κ1) is 15.4. The third-order valence-corrected chi connectivity index (χ3v) is 3.24. The Morgan fingerprint density at radius 1 is 1.37 bits per heavy atom. The van der Waals surface area contributed by atoms with Gasteiger partial charge in [-0.05, 0) is 27.2 Å². The molecule has 1 rings (SSSR count). The first-order valence-corrected chi connectivity index (χ1v) is 6.06. The average Bonchev–Trinajstić information content (AvgIpc) is 2.34. The van der Waals surface area contributed by atoms with E-state index in [4.69, 9.17) is 4.74 Å². The molecule has 0 spiro atoms. The third kappa shape index (κ3) is 3.41. The summed E-state index contributed by atoms with van der Waals surface area (Å²) in [4.78, 5) is 35.1. The number of methoxy groups -OCH3 is 1. The minimum absolute atomic E-state index is 0.0253. The lowest BCUT2D eigenvalue weighted by molar-refractivity contribution is 0.0117. The van der Waals surface area contributed by atoms with E-state index in [-0.39, 0.29) is 16.9 Å². The van der Waals surface area contributed by atoms with Crippen molar-refractivity contribution in [2.45, 2.75) is 39.3 Å². The average molecular weight is 268 g/mol. The Kier molecular flexibility index (Phi) is 4.47. The maximum atomic E-state index is 11.9. The minimum atomic E-state index is -0.556. The van der Waals surface area contributed by atoms with E-state index in [0.29, 0.717) is 13.0 Å². The second-order valence-corrected chi connectivity index (χ2v) is 5.15. The molecule has 0 radical (unpaired) electrons. The van der Waals surface area contributed by atoms with Gasteiger partial charge in [-0.2, -0.15) is 0 Å². The summed E-state index contributed by atoms with van der Waals surface area (Å²) in [5.74, 6) is -0.347. The number of ketones is 1. The molecule has 6 heteroatoms. The van der Waals surface area contributed by atoms with Crippen LogP contribution in [0.25, 0.3) is 0 Å². The highest BCUT2D eigenvalue weighted by molar-refractivity contribution is 5.93. The molecule has 0 fully saturated rings. The summed E-state index contributed by atoms with van der Waals surface area (Å²) < 4.78 is 7.61. The van der Waals surface area contributed by atoms with E-state index in [9.17, 15) is 14.4 Å². The number of rotatable bonds is 5. The molecular weight excluding hydrogens is 248 g/mol. The van der Waals surface area contributed by atoms with Gasteiger partial charge in [-0.1, -0.05) is 0 Å². The number of carbonyl (C=O) groups excluding carboxylic acids is 1. The first-order chi connectivity index (χ1) is 8.69. The van der Waals surface area contributed by atoms with Crippen LogP contribution < -0.4 is 11.2 Å². The number of nitrogens with zero attached hydrogens (tertiary/aromatic N) is 2. The second-order valence-electron chi connectivity index (χ2n) is 5.15. The molecule has 0 aromatic carbocycles. The molecule has 0 N–H and O–H groups in total. The highest BCUT2D eigenvalue weighted by Crippen LogP contribution is 2.13. The molecule has 0 unspecified atom stereocenters. The quantitative estimate of drug-likeness (QED) is 0.732. The molecule has 0 saturated carbocycles. The number of aromatic nitrogens is 2. The predicted molar refractivity (Wildman–Crippen MR) is 71.7 cm³/mol. The van der Waals surface area contributed by atoms with Crippen molar-refractivity contribution < 1.29 is 9.53 Å². The van der Waals surface area contributed by atoms with Gasteiger partial charge >= 0.3 is 5.69 Å². The van der Waals surface area contributed by atoms with E-state index in [1.54, 1.807) is 7.11 Å². The van der Waals surface area contributed by atoms with Crippen LogP contribution in [0.15, 0.2) is 15.8 Å². The summed E-state index contributed by atoms with van der Waals surface area (Å²) in [5, 5.41) is 0. The maximum Gasteiger partial charge on any atom is 0.330 e. The van der Waals surface area contributed by atoms with Gasteiger partial charge in [-0.3, -0.25) is 18.7 Å². The highest BCUT2D eigenvalue weighted by atomic mass is 16.5. The number of aryl methyl sites for hydroxylation is 1. The Balaban J connectivity index is 3.19. The Morgan fingerprint density at radius 3 is 2.42 bits per heavy atom. The zero-order valence-electron chi connectivity index (χ0n) is 12.0. The van der Waals surface area contributed by atoms with E-state index < -0.39 is 11.2 Å². The Morgan fingerprint density at radius 2 is 1.95 bits per heavy atom. The van der Waals surface area contributed by atoms with Crippen molar-refractivity contribution in [3.8, 4) is 0 Å². The largest absolute Gasteiger partial charge is 0.379 e. The Hall–Kier alpha value is -1.69. The van der Waals surface area contributed by atoms with Crippen LogP contribution in [0, 0.1) is 0 Å². The van der Waals surface area contributed by atoms with Gasteiger partial charge < -0.3 is 4.74 Å². The molecular formula is C13H20N2O4. The first-order valence-electron chi connectivity index (χ1n) is 6.06. The fourth-order valence-corrected chi connectivity index (χ4v) is 1.62. The van der Waals surface area contributed by atoms with E-state index in [0.717, 1.165) is 4.57 Å². The maximum absolute atomic E-state index is 11.9. The summed E-state index contributed by atoms with van der Waals surface area (Å²) in [7, 11) is 2.97. The monoisotopic (exact) mass is 268 g/mol. The van der Waals surface area contributed by atoms with Gasteiger partial charge in [0.25, 0.3) is 5.56 Å². The van der Waals surface area contributed by atoms with Crippen LogP contribution in [-0.4, -0.2) is 27.6 Å². The second kappa shape index (κ2) is 5.52. The van der Waals surface area contributed by atoms with Crippen molar-refractivity contribution in [3.63, 3.8) is 0 Å². The van der Waals surface area contributed by atoms with Crippen molar-refractivity contribution in [2.24, 2.45) is 7.05 Å². The molecule has 0 aliphatic carbocycles. The summed E-state index contributed by atoms with van der Waals surface area (Å²) in [5.41, 5.74) is -1.33. The molecule has 1 aromatic heterocycles. The molecule has 6 nitrogen and oxygen atoms in total. The van der Waals surface area contributed by atoms with Gasteiger partial charge in [-0.15, -0.1) is 0 Å². The van der Waals surface area contributed by atoms with Crippen molar-refractivity contribution >= 4 is 5.78 Å². The predicted octanol–water partition coefficient (Wildman–Crippen LogP) is 0.565. The van der Waals surface area contributed by atoms with Crippen molar-refractivity contribution in [1.82, 2.24) is 9.13 Å². The standard InChI is InChI=1S/C13H20N2O4/c1-9(16)10-8-15(7-6-13(2,3)19-5)12(18)14(4)11(10)17/h8H,6-7H2,1-5H3. The molecule has 0 aliphatic rings. The van der Waals surface area contributed by atoms with Crippen molar-refractivity contribution in [3.05, 3.63) is 32.6 Å². The van der Waals surface area contributed by atoms with Crippen LogP contribution in [0.5, 0.6) is 0 Å². The third-order valence-electron chi connectivity index (χ3n) is 3.24. The van der Waals surface area contributed by atoms with Crippen LogP contribution >= 0.6 is 0 Å². The SMILES string of the molecule is COC(C)(C)CCn1cc(C(C)=O)c(=O)n(C)c1=O. The smallest absolute Gasteiger partial charge is 0.330 e. The Labute approximate surface area is 111 Å². The summed E-state index contributed by atoms with van der Waals surface area (Å²) in [6, 6.07) is 0. The van der Waals surface area contributed by atoms with Crippen LogP contribution in [0.3, 0.4) is 0 Å². The zero-order chi connectivity index (χ0) is 14.8. The molecule has 1 aromatic rings. The zero-order valence-corrected chi connectivity index (χ0v) is 12.0. The van der Waals surface area contributed by atoms with E-state index in [2.05, 4.69) is 0 Å². The van der Waals surface area contributed by atoms with Crippen molar-refractivity contribution in [1.29, 1.82) is 0 Å². The summed E-state index contributed by atoms with van der Waals surface area (Å²) in [6.07, 6.45) is 1.93. The topological polar surface area (TPSA) is 70.3 Å². The number of Topliss-reactive ketones (excluding diaryl/α,β-unsaturated/α-hetero) is 1. The number of ether oxygens (including phenoxy) is 1. The molecule has 0 saturated heterocycles. The van der Waals surface area contributed by atoms with Crippen LogP contribution in [-0.2, 0) is 18.3 Å². The number of hydrogen-bond donors (Lipinski definition) is 0. The van der Waals surface area contributed by atoms with Crippen LogP contribution in [0.2, 0.25) is 0 Å². The molecule has 1 heterocycles. The minimum Gasteiger partial charge on any atom is -0.379 e. The van der Waals surface area contributed by atoms with Crippen molar-refractivity contribution in [2.75, 3.05) is 7.11 Å². The highest BCUT2D eigenvalue weighted by Gasteiger charge is 2.18. The molecule has 0 atom stereocenters. The van der Waals surface area contributed by atoms with Crippen LogP contribution in [0.1, 0.15) is 37.6 Å². The van der Waals surface area contributed by atoms with E-state index in [1.165, 1.54) is 24.7 Å². The molecule has 19 heavy (non-hydrogen) atoms. The molecule has 0 amide bonds. The summed E-state index contributed by atoms with van der Waals surface area (Å²) in [6.45, 7) is 5.51. The van der Waals surface area contributed by atoms with Gasteiger partial charge in [0, 0.05) is 26.9 Å². The van der Waals surface area contributed by atoms with Gasteiger partial charge in [0.1, 0.15) is 0 Å². The normalized spacial score (nSPS) is 11.6. The van der Waals surface area contributed by atoms with Gasteiger partial charge in [0.2, 0.25) is 0 Å². The lowest BCUT2D eigenvalue weighted by Crippen LogP contribution is -2.41. The Bertz CT molecular complexity index is 596. The fraction of sp³-hybridized carbons (Fsp3) is 0.615. The van der Waals surface area contributed by atoms with E-state index >= 15 is 0 Å². The number of hydrogen-bond acceptors (Lipinski definition) is 4. The lowest BCUT2D eigenvalue weighted by atomic mass is 10.1. The van der Waals surface area contributed by atoms with Gasteiger partial charge in [-0.25, -0.2) is 4.79 Å². The molecule has 0 aliphatic heterocycles. The van der Waals surface area contributed by atoms with Crippen LogP contribution in [0.4, 0.5) is 0 Å². The lowest BCUT2D eigenvalue weighted by Gasteiger charge is -2.23. The summed E-state index contributed by atoms with van der Waals surface area (Å²) >= 11 is 0. The fourth-order valence-electron chi connectivity index (χ4n) is 1.62. The van der Waals surface area contributed by atoms with Gasteiger partial charge in [0.15, 0.2) is 5.78 Å². The molecule has 106 valence electrons. The van der Waals surface area contributed by atoms with Gasteiger partial charge in [0.05, 0.1) is 11.2 Å². The van der Waals surface area contributed by atoms with E-state index in [1.807, 2.05) is 13.8 Å².